The van der Waals surface area contributed by atoms with E-state index in [4.69, 9.17) is 14.5 Å². The first-order valence-corrected chi connectivity index (χ1v) is 13.7. The van der Waals surface area contributed by atoms with Gasteiger partial charge in [0.1, 0.15) is 5.82 Å². The lowest BCUT2D eigenvalue weighted by Crippen LogP contribution is -2.42. The molecule has 1 N–H and O–H groups in total. The lowest BCUT2D eigenvalue weighted by molar-refractivity contribution is -0.138. The van der Waals surface area contributed by atoms with Gasteiger partial charge in [-0.15, -0.1) is 0 Å². The molecular formula is C31H33N3O5. The highest BCUT2D eigenvalue weighted by molar-refractivity contribution is 5.96. The van der Waals surface area contributed by atoms with Crippen LogP contribution >= 0.6 is 0 Å². The molecule has 8 nitrogen and oxygen atoms in total. The number of rotatable bonds is 5. The molecule has 0 saturated carbocycles. The number of aryl methyl sites for hydroxylation is 1. The Morgan fingerprint density at radius 2 is 1.95 bits per heavy atom. The van der Waals surface area contributed by atoms with Crippen LogP contribution in [0.15, 0.2) is 54.6 Å². The molecule has 1 aromatic heterocycles. The van der Waals surface area contributed by atoms with Gasteiger partial charge in [0.05, 0.1) is 42.4 Å². The van der Waals surface area contributed by atoms with Crippen LogP contribution in [0, 0.1) is 0 Å². The van der Waals surface area contributed by atoms with Gasteiger partial charge in [-0.05, 0) is 61.1 Å². The zero-order chi connectivity index (χ0) is 27.1. The summed E-state index contributed by atoms with van der Waals surface area (Å²) in [5.74, 6) is -0.909. The quantitative estimate of drug-likeness (QED) is 0.349. The number of hydrogen-bond donors (Lipinski definition) is 1. The Balaban J connectivity index is 1.51. The SMILES string of the molecule is COC(=O)N1c2ccc3c(nc(C[C@@H](C(=O)O)c4cccc5ccccc45)n3[C@H]3CCCOC3)c2CC[C@@H]1C. The Morgan fingerprint density at radius 1 is 1.13 bits per heavy atom. The molecule has 4 aromatic rings. The summed E-state index contributed by atoms with van der Waals surface area (Å²) in [6, 6.07) is 17.8. The molecule has 3 atom stereocenters. The van der Waals surface area contributed by atoms with Gasteiger partial charge in [-0.25, -0.2) is 9.78 Å². The Labute approximate surface area is 227 Å². The first kappa shape index (κ1) is 25.4. The van der Waals surface area contributed by atoms with E-state index in [1.54, 1.807) is 4.90 Å². The first-order valence-electron chi connectivity index (χ1n) is 13.7. The smallest absolute Gasteiger partial charge is 0.414 e. The van der Waals surface area contributed by atoms with Crippen LogP contribution in [0.1, 0.15) is 55.1 Å². The molecule has 0 radical (unpaired) electrons. The Bertz CT molecular complexity index is 1550. The average Bonchev–Trinajstić information content (AvgIpc) is 3.34. The van der Waals surface area contributed by atoms with E-state index in [-0.39, 0.29) is 24.6 Å². The number of aromatic nitrogens is 2. The van der Waals surface area contributed by atoms with Crippen molar-refractivity contribution >= 4 is 39.6 Å². The fraction of sp³-hybridized carbons (Fsp3) is 0.387. The molecule has 2 aliphatic rings. The topological polar surface area (TPSA) is 93.9 Å². The molecule has 0 bridgehead atoms. The summed E-state index contributed by atoms with van der Waals surface area (Å²) in [6.07, 6.45) is 3.32. The number of hydrogen-bond acceptors (Lipinski definition) is 5. The number of nitrogens with zero attached hydrogens (tertiary/aromatic N) is 3. The molecule has 2 aliphatic heterocycles. The molecule has 39 heavy (non-hydrogen) atoms. The maximum absolute atomic E-state index is 12.8. The van der Waals surface area contributed by atoms with Crippen molar-refractivity contribution in [3.05, 3.63) is 71.5 Å². The fourth-order valence-corrected chi connectivity index (χ4v) is 6.37. The average molecular weight is 528 g/mol. The lowest BCUT2D eigenvalue weighted by Gasteiger charge is -2.34. The van der Waals surface area contributed by atoms with Crippen LogP contribution in [-0.2, 0) is 27.1 Å². The zero-order valence-electron chi connectivity index (χ0n) is 22.3. The van der Waals surface area contributed by atoms with Gasteiger partial charge in [0.2, 0.25) is 0 Å². The summed E-state index contributed by atoms with van der Waals surface area (Å²) in [6.45, 7) is 3.32. The van der Waals surface area contributed by atoms with E-state index in [0.717, 1.165) is 76.7 Å². The predicted molar refractivity (Wildman–Crippen MR) is 150 cm³/mol. The van der Waals surface area contributed by atoms with Crippen LogP contribution in [-0.4, -0.2) is 53.1 Å². The van der Waals surface area contributed by atoms with E-state index < -0.39 is 11.9 Å². The molecule has 0 unspecified atom stereocenters. The van der Waals surface area contributed by atoms with Gasteiger partial charge in [0.25, 0.3) is 0 Å². The van der Waals surface area contributed by atoms with Crippen molar-refractivity contribution in [3.63, 3.8) is 0 Å². The van der Waals surface area contributed by atoms with Crippen LogP contribution in [0.5, 0.6) is 0 Å². The van der Waals surface area contributed by atoms with Gasteiger partial charge >= 0.3 is 12.1 Å². The lowest BCUT2D eigenvalue weighted by atomic mass is 9.90. The maximum Gasteiger partial charge on any atom is 0.414 e. The number of carboxylic acids is 1. The van der Waals surface area contributed by atoms with Crippen LogP contribution in [0.25, 0.3) is 21.8 Å². The highest BCUT2D eigenvalue weighted by Crippen LogP contribution is 2.39. The molecule has 0 spiro atoms. The minimum atomic E-state index is -0.877. The second kappa shape index (κ2) is 10.3. The Morgan fingerprint density at radius 3 is 2.72 bits per heavy atom. The second-order valence-corrected chi connectivity index (χ2v) is 10.6. The number of carbonyl (C=O) groups is 2. The van der Waals surface area contributed by atoms with E-state index in [0.29, 0.717) is 6.61 Å². The minimum absolute atomic E-state index is 0.0125. The van der Waals surface area contributed by atoms with Crippen LogP contribution < -0.4 is 4.90 Å². The van der Waals surface area contributed by atoms with Crippen molar-refractivity contribution in [1.29, 1.82) is 0 Å². The number of amides is 1. The van der Waals surface area contributed by atoms with E-state index in [1.807, 2.05) is 61.5 Å². The van der Waals surface area contributed by atoms with Crippen molar-refractivity contribution in [1.82, 2.24) is 9.55 Å². The molecule has 1 saturated heterocycles. The van der Waals surface area contributed by atoms with Crippen molar-refractivity contribution in [2.24, 2.45) is 0 Å². The van der Waals surface area contributed by atoms with Crippen LogP contribution in [0.3, 0.4) is 0 Å². The molecule has 6 rings (SSSR count). The van der Waals surface area contributed by atoms with Crippen molar-refractivity contribution < 1.29 is 24.2 Å². The van der Waals surface area contributed by atoms with E-state index in [1.165, 1.54) is 7.11 Å². The number of imidazole rings is 1. The Kier molecular flexibility index (Phi) is 6.73. The summed E-state index contributed by atoms with van der Waals surface area (Å²) in [5, 5.41) is 12.4. The third-order valence-electron chi connectivity index (χ3n) is 8.28. The highest BCUT2D eigenvalue weighted by Gasteiger charge is 2.33. The van der Waals surface area contributed by atoms with Crippen LogP contribution in [0.2, 0.25) is 0 Å². The minimum Gasteiger partial charge on any atom is -0.481 e. The summed E-state index contributed by atoms with van der Waals surface area (Å²) in [7, 11) is 1.40. The monoisotopic (exact) mass is 527 g/mol. The molecule has 8 heteroatoms. The highest BCUT2D eigenvalue weighted by atomic mass is 16.5. The third-order valence-corrected chi connectivity index (χ3v) is 8.28. The molecule has 3 heterocycles. The zero-order valence-corrected chi connectivity index (χ0v) is 22.3. The number of carboxylic acid groups (broad SMARTS) is 1. The summed E-state index contributed by atoms with van der Waals surface area (Å²) in [4.78, 5) is 32.3. The van der Waals surface area contributed by atoms with E-state index in [2.05, 4.69) is 4.57 Å². The fourth-order valence-electron chi connectivity index (χ4n) is 6.37. The number of methoxy groups -OCH3 is 1. The van der Waals surface area contributed by atoms with Gasteiger partial charge in [0, 0.05) is 24.6 Å². The number of fused-ring (bicyclic) bond motifs is 4. The molecular weight excluding hydrogens is 494 g/mol. The summed E-state index contributed by atoms with van der Waals surface area (Å²) < 4.78 is 13.2. The van der Waals surface area contributed by atoms with Gasteiger partial charge in [0.15, 0.2) is 0 Å². The number of carbonyl (C=O) groups excluding carboxylic acids is 1. The number of aliphatic carboxylic acids is 1. The second-order valence-electron chi connectivity index (χ2n) is 10.6. The third kappa shape index (κ3) is 4.42. The molecule has 1 fully saturated rings. The molecule has 3 aromatic carbocycles. The largest absolute Gasteiger partial charge is 0.481 e. The standard InChI is InChI=1S/C31H33N3O5/c1-19-12-13-24-26(33(19)31(37)38-2)14-15-27-29(24)32-28(34(27)21-9-6-16-39-18-21)17-25(30(35)36)23-11-5-8-20-7-3-4-10-22(20)23/h3-5,7-8,10-11,14-15,19,21,25H,6,9,12-13,16-18H2,1-2H3,(H,35,36)/t19-,21-,25+/m0/s1. The Hall–Kier alpha value is -3.91. The first-order chi connectivity index (χ1) is 19.0. The molecule has 1 amide bonds. The number of benzene rings is 3. The van der Waals surface area contributed by atoms with Crippen LogP contribution in [0.4, 0.5) is 10.5 Å². The molecule has 202 valence electrons. The maximum atomic E-state index is 12.8. The van der Waals surface area contributed by atoms with Crippen molar-refractivity contribution in [2.45, 2.75) is 57.0 Å². The predicted octanol–water partition coefficient (Wildman–Crippen LogP) is 5.86. The van der Waals surface area contributed by atoms with Gasteiger partial charge in [-0.1, -0.05) is 42.5 Å². The van der Waals surface area contributed by atoms with E-state index in [9.17, 15) is 14.7 Å². The van der Waals surface area contributed by atoms with Crippen molar-refractivity contribution in [2.75, 3.05) is 25.2 Å². The van der Waals surface area contributed by atoms with E-state index >= 15 is 0 Å². The van der Waals surface area contributed by atoms with Crippen molar-refractivity contribution in [3.8, 4) is 0 Å². The van der Waals surface area contributed by atoms with Gasteiger partial charge in [-0.2, -0.15) is 0 Å². The normalized spacial score (nSPS) is 20.1. The van der Waals surface area contributed by atoms with Gasteiger partial charge < -0.3 is 19.1 Å². The van der Waals surface area contributed by atoms with Gasteiger partial charge in [-0.3, -0.25) is 9.69 Å². The number of anilines is 1. The summed E-state index contributed by atoms with van der Waals surface area (Å²) >= 11 is 0. The summed E-state index contributed by atoms with van der Waals surface area (Å²) in [5.41, 5.74) is 4.39. The molecule has 0 aliphatic carbocycles. The number of ether oxygens (including phenoxy) is 2.